The number of benzene rings is 3. The lowest BCUT2D eigenvalue weighted by molar-refractivity contribution is 0.407. The van der Waals surface area contributed by atoms with Crippen LogP contribution in [-0.4, -0.2) is 33.9 Å². The van der Waals surface area contributed by atoms with Crippen LogP contribution >= 0.6 is 0 Å². The Balaban J connectivity index is 1.38. The van der Waals surface area contributed by atoms with E-state index in [4.69, 9.17) is 9.47 Å². The molecule has 0 aromatic heterocycles. The highest BCUT2D eigenvalue weighted by atomic mass is 16.5. The van der Waals surface area contributed by atoms with Gasteiger partial charge in [0.25, 0.3) is 0 Å². The molecule has 1 saturated heterocycles. The maximum absolute atomic E-state index is 5.61. The van der Waals surface area contributed by atoms with Gasteiger partial charge in [0.2, 0.25) is 0 Å². The van der Waals surface area contributed by atoms with Crippen LogP contribution in [0.5, 0.6) is 11.5 Å². The smallest absolute Gasteiger partial charge is 0.123 e. The number of hydrogen-bond donors (Lipinski definition) is 1. The quantitative estimate of drug-likeness (QED) is 0.659. The van der Waals surface area contributed by atoms with Crippen LogP contribution in [0.1, 0.15) is 12.0 Å². The Labute approximate surface area is 167 Å². The van der Waals surface area contributed by atoms with Gasteiger partial charge in [-0.15, -0.1) is 0 Å². The summed E-state index contributed by atoms with van der Waals surface area (Å²) in [6.45, 7) is 4.00. The second-order valence-electron chi connectivity index (χ2n) is 7.40. The van der Waals surface area contributed by atoms with Crippen LogP contribution in [0.4, 0.5) is 5.69 Å². The molecule has 1 N–H and O–H groups in total. The van der Waals surface area contributed by atoms with E-state index < -0.39 is 0 Å². The van der Waals surface area contributed by atoms with Crippen molar-refractivity contribution in [2.75, 3.05) is 38.8 Å². The van der Waals surface area contributed by atoms with E-state index in [2.05, 4.69) is 64.8 Å². The van der Waals surface area contributed by atoms with Gasteiger partial charge in [-0.2, -0.15) is 0 Å². The largest absolute Gasteiger partial charge is 0.497 e. The molecule has 0 radical (unpaired) electrons. The highest BCUT2D eigenvalue weighted by Gasteiger charge is 2.22. The van der Waals surface area contributed by atoms with E-state index in [9.17, 15) is 0 Å². The first-order chi connectivity index (χ1) is 13.8. The van der Waals surface area contributed by atoms with Crippen LogP contribution in [0.3, 0.4) is 0 Å². The Kier molecular flexibility index (Phi) is 5.68. The molecular weight excluding hydrogens is 348 g/mol. The number of nitrogens with one attached hydrogen (secondary N) is 1. The van der Waals surface area contributed by atoms with Gasteiger partial charge in [-0.25, -0.2) is 0 Å². The fourth-order valence-corrected chi connectivity index (χ4v) is 4.13. The Morgan fingerprint density at radius 2 is 1.89 bits per heavy atom. The van der Waals surface area contributed by atoms with Crippen molar-refractivity contribution in [3.05, 3.63) is 66.2 Å². The van der Waals surface area contributed by atoms with Gasteiger partial charge in [-0.05, 0) is 41.3 Å². The molecule has 0 amide bonds. The van der Waals surface area contributed by atoms with Crippen molar-refractivity contribution < 1.29 is 9.47 Å². The molecule has 0 spiro atoms. The second kappa shape index (κ2) is 8.53. The van der Waals surface area contributed by atoms with Gasteiger partial charge in [0.15, 0.2) is 0 Å². The third-order valence-electron chi connectivity index (χ3n) is 5.66. The van der Waals surface area contributed by atoms with Gasteiger partial charge in [0.05, 0.1) is 14.2 Å². The van der Waals surface area contributed by atoms with E-state index in [0.29, 0.717) is 5.92 Å². The van der Waals surface area contributed by atoms with Crippen molar-refractivity contribution in [2.24, 2.45) is 5.92 Å². The number of ether oxygens (including phenoxy) is 2. The summed E-state index contributed by atoms with van der Waals surface area (Å²) in [6, 6.07) is 21.0. The van der Waals surface area contributed by atoms with Gasteiger partial charge in [0, 0.05) is 43.5 Å². The zero-order chi connectivity index (χ0) is 19.3. The number of rotatable bonds is 7. The molecule has 4 heteroatoms. The summed E-state index contributed by atoms with van der Waals surface area (Å²) >= 11 is 0. The van der Waals surface area contributed by atoms with Gasteiger partial charge in [-0.1, -0.05) is 36.4 Å². The minimum Gasteiger partial charge on any atom is -0.497 e. The van der Waals surface area contributed by atoms with E-state index in [1.165, 1.54) is 28.4 Å². The maximum atomic E-state index is 5.61. The third kappa shape index (κ3) is 3.92. The number of nitrogens with zero attached hydrogens (tertiary/aromatic N) is 1. The highest BCUT2D eigenvalue weighted by Crippen LogP contribution is 2.29. The van der Waals surface area contributed by atoms with Crippen molar-refractivity contribution in [2.45, 2.75) is 13.0 Å². The van der Waals surface area contributed by atoms with E-state index >= 15 is 0 Å². The molecule has 0 saturated carbocycles. The Hall–Kier alpha value is -2.72. The lowest BCUT2D eigenvalue weighted by Crippen LogP contribution is -2.26. The lowest BCUT2D eigenvalue weighted by atomic mass is 10.0. The minimum atomic E-state index is 0.646. The molecular formula is C24H28N2O2. The van der Waals surface area contributed by atoms with Gasteiger partial charge in [0.1, 0.15) is 11.5 Å². The molecule has 1 fully saturated rings. The predicted molar refractivity (Wildman–Crippen MR) is 116 cm³/mol. The maximum Gasteiger partial charge on any atom is 0.123 e. The van der Waals surface area contributed by atoms with Crippen molar-refractivity contribution in [1.29, 1.82) is 0 Å². The Bertz CT molecular complexity index is 941. The Morgan fingerprint density at radius 3 is 2.75 bits per heavy atom. The summed E-state index contributed by atoms with van der Waals surface area (Å²) in [5.74, 6) is 2.52. The first kappa shape index (κ1) is 18.6. The average Bonchev–Trinajstić information content (AvgIpc) is 3.23. The summed E-state index contributed by atoms with van der Waals surface area (Å²) < 4.78 is 11.0. The van der Waals surface area contributed by atoms with Gasteiger partial charge in [-0.3, -0.25) is 0 Å². The molecule has 0 unspecified atom stereocenters. The van der Waals surface area contributed by atoms with Crippen molar-refractivity contribution in [3.8, 4) is 11.5 Å². The molecule has 28 heavy (non-hydrogen) atoms. The summed E-state index contributed by atoms with van der Waals surface area (Å²) in [6.07, 6.45) is 1.21. The van der Waals surface area contributed by atoms with Crippen LogP contribution in [0.15, 0.2) is 60.7 Å². The standard InChI is InChI=1S/C24H28N2O2/c1-27-21-8-5-7-20(14-21)26-13-12-18(17-26)15-25-16-23-22-9-4-3-6-19(22)10-11-24(23)28-2/h3-11,14,18,25H,12-13,15-17H2,1-2H3/t18-/m0/s1. The first-order valence-electron chi connectivity index (χ1n) is 9.93. The normalized spacial score (nSPS) is 16.5. The van der Waals surface area contributed by atoms with E-state index in [0.717, 1.165) is 37.7 Å². The molecule has 3 aromatic rings. The van der Waals surface area contributed by atoms with E-state index in [1.54, 1.807) is 14.2 Å². The number of hydrogen-bond acceptors (Lipinski definition) is 4. The first-order valence-corrected chi connectivity index (χ1v) is 9.93. The summed E-state index contributed by atoms with van der Waals surface area (Å²) in [5.41, 5.74) is 2.49. The zero-order valence-corrected chi connectivity index (χ0v) is 16.7. The topological polar surface area (TPSA) is 33.7 Å². The monoisotopic (exact) mass is 376 g/mol. The fourth-order valence-electron chi connectivity index (χ4n) is 4.13. The molecule has 4 nitrogen and oxygen atoms in total. The molecule has 4 rings (SSSR count). The molecule has 0 aliphatic carbocycles. The molecule has 1 aliphatic heterocycles. The average molecular weight is 377 g/mol. The molecule has 1 atom stereocenters. The van der Waals surface area contributed by atoms with Crippen molar-refractivity contribution >= 4 is 16.5 Å². The predicted octanol–water partition coefficient (Wildman–Crippen LogP) is 4.47. The van der Waals surface area contributed by atoms with E-state index in [1.807, 2.05) is 6.07 Å². The zero-order valence-electron chi connectivity index (χ0n) is 16.7. The van der Waals surface area contributed by atoms with Gasteiger partial charge < -0.3 is 19.7 Å². The molecule has 0 bridgehead atoms. The molecule has 1 heterocycles. The second-order valence-corrected chi connectivity index (χ2v) is 7.40. The minimum absolute atomic E-state index is 0.646. The van der Waals surface area contributed by atoms with Crippen LogP contribution in [0.25, 0.3) is 10.8 Å². The fraction of sp³-hybridized carbons (Fsp3) is 0.333. The summed E-state index contributed by atoms with van der Waals surface area (Å²) in [4.78, 5) is 2.45. The molecule has 146 valence electrons. The molecule has 3 aromatic carbocycles. The lowest BCUT2D eigenvalue weighted by Gasteiger charge is -2.20. The van der Waals surface area contributed by atoms with E-state index in [-0.39, 0.29) is 0 Å². The summed E-state index contributed by atoms with van der Waals surface area (Å²) in [5, 5.41) is 6.19. The molecule has 1 aliphatic rings. The SMILES string of the molecule is COc1cccc(N2CC[C@@H](CNCc3c(OC)ccc4ccccc34)C2)c1. The van der Waals surface area contributed by atoms with Crippen LogP contribution in [-0.2, 0) is 6.54 Å². The number of fused-ring (bicyclic) bond motifs is 1. The van der Waals surface area contributed by atoms with Crippen LogP contribution < -0.4 is 19.7 Å². The Morgan fingerprint density at radius 1 is 1.00 bits per heavy atom. The highest BCUT2D eigenvalue weighted by molar-refractivity contribution is 5.87. The summed E-state index contributed by atoms with van der Waals surface area (Å²) in [7, 11) is 3.47. The number of anilines is 1. The van der Waals surface area contributed by atoms with Crippen LogP contribution in [0.2, 0.25) is 0 Å². The van der Waals surface area contributed by atoms with Gasteiger partial charge >= 0.3 is 0 Å². The number of methoxy groups -OCH3 is 2. The third-order valence-corrected chi connectivity index (χ3v) is 5.66. The van der Waals surface area contributed by atoms with Crippen molar-refractivity contribution in [1.82, 2.24) is 5.32 Å². The van der Waals surface area contributed by atoms with Crippen LogP contribution in [0, 0.1) is 5.92 Å². The van der Waals surface area contributed by atoms with Crippen molar-refractivity contribution in [3.63, 3.8) is 0 Å².